The van der Waals surface area contributed by atoms with Crippen LogP contribution in [-0.2, 0) is 6.18 Å². The first kappa shape index (κ1) is 16.0. The average molecular weight is 302 g/mol. The van der Waals surface area contributed by atoms with Crippen LogP contribution in [0.1, 0.15) is 44.0 Å². The van der Waals surface area contributed by atoms with Crippen LogP contribution in [0.15, 0.2) is 6.07 Å². The molecule has 0 saturated carbocycles. The summed E-state index contributed by atoms with van der Waals surface area (Å²) in [7, 11) is 0. The van der Waals surface area contributed by atoms with Crippen molar-refractivity contribution in [1.29, 1.82) is 0 Å². The quantitative estimate of drug-likeness (QED) is 0.897. The fraction of sp³-hybridized carbons (Fsp3) is 0.714. The van der Waals surface area contributed by atoms with Gasteiger partial charge in [-0.15, -0.1) is 0 Å². The molecular formula is C14H21F3N4. The van der Waals surface area contributed by atoms with Gasteiger partial charge in [-0.2, -0.15) is 13.2 Å². The summed E-state index contributed by atoms with van der Waals surface area (Å²) < 4.78 is 38.6. The Bertz CT molecular complexity index is 468. The second-order valence-electron chi connectivity index (χ2n) is 5.73. The molecule has 0 unspecified atom stereocenters. The zero-order valence-corrected chi connectivity index (χ0v) is 12.3. The van der Waals surface area contributed by atoms with Gasteiger partial charge in [0.2, 0.25) is 5.95 Å². The van der Waals surface area contributed by atoms with Gasteiger partial charge in [0.1, 0.15) is 5.69 Å². The highest BCUT2D eigenvalue weighted by atomic mass is 19.4. The molecule has 0 radical (unpaired) electrons. The van der Waals surface area contributed by atoms with Crippen molar-refractivity contribution in [3.05, 3.63) is 17.5 Å². The highest BCUT2D eigenvalue weighted by Crippen LogP contribution is 2.30. The number of nitrogens with one attached hydrogen (secondary N) is 2. The summed E-state index contributed by atoms with van der Waals surface area (Å²) in [5.74, 6) is 0.451. The third kappa shape index (κ3) is 4.56. The summed E-state index contributed by atoms with van der Waals surface area (Å²) >= 11 is 0. The van der Waals surface area contributed by atoms with Gasteiger partial charge in [-0.05, 0) is 43.8 Å². The van der Waals surface area contributed by atoms with Crippen LogP contribution in [0.2, 0.25) is 0 Å². The highest BCUT2D eigenvalue weighted by molar-refractivity contribution is 5.30. The van der Waals surface area contributed by atoms with Crippen LogP contribution >= 0.6 is 0 Å². The Balaban J connectivity index is 2.11. The van der Waals surface area contributed by atoms with E-state index in [0.717, 1.165) is 32.0 Å². The lowest BCUT2D eigenvalue weighted by atomic mass is 9.98. The number of hydrogen-bond acceptors (Lipinski definition) is 4. The van der Waals surface area contributed by atoms with Gasteiger partial charge in [-0.3, -0.25) is 0 Å². The molecule has 1 aromatic heterocycles. The third-order valence-corrected chi connectivity index (χ3v) is 3.64. The van der Waals surface area contributed by atoms with Gasteiger partial charge in [0.15, 0.2) is 0 Å². The molecule has 0 amide bonds. The van der Waals surface area contributed by atoms with Gasteiger partial charge >= 0.3 is 6.18 Å². The summed E-state index contributed by atoms with van der Waals surface area (Å²) in [6.07, 6.45) is -2.41. The van der Waals surface area contributed by atoms with Gasteiger partial charge in [0.05, 0.1) is 0 Å². The molecule has 0 spiro atoms. The lowest BCUT2D eigenvalue weighted by Crippen LogP contribution is -2.31. The molecule has 0 atom stereocenters. The maximum Gasteiger partial charge on any atom is 0.433 e. The minimum absolute atomic E-state index is 0.0754. The lowest BCUT2D eigenvalue weighted by Gasteiger charge is -2.23. The molecule has 118 valence electrons. The van der Waals surface area contributed by atoms with Crippen LogP contribution in [0, 0.1) is 5.92 Å². The molecule has 0 bridgehead atoms. The molecule has 1 aromatic rings. The van der Waals surface area contributed by atoms with Gasteiger partial charge < -0.3 is 10.6 Å². The Morgan fingerprint density at radius 2 is 1.95 bits per heavy atom. The molecule has 21 heavy (non-hydrogen) atoms. The highest BCUT2D eigenvalue weighted by Gasteiger charge is 2.34. The largest absolute Gasteiger partial charge is 0.433 e. The Morgan fingerprint density at radius 3 is 2.52 bits per heavy atom. The van der Waals surface area contributed by atoms with E-state index in [2.05, 4.69) is 20.6 Å². The number of hydrogen-bond donors (Lipinski definition) is 2. The van der Waals surface area contributed by atoms with E-state index in [1.807, 2.05) is 13.8 Å². The number of piperidine rings is 1. The Morgan fingerprint density at radius 1 is 1.29 bits per heavy atom. The standard InChI is InChI=1S/C14H21F3N4/c1-9(2)11-7-12(14(15,16)17)21-13(20-11)19-8-10-3-5-18-6-4-10/h7,9-10,18H,3-6,8H2,1-2H3,(H,19,20,21). The van der Waals surface area contributed by atoms with E-state index in [1.165, 1.54) is 0 Å². The van der Waals surface area contributed by atoms with Crippen LogP contribution < -0.4 is 10.6 Å². The first-order chi connectivity index (χ1) is 9.86. The summed E-state index contributed by atoms with van der Waals surface area (Å²) in [6, 6.07) is 1.03. The lowest BCUT2D eigenvalue weighted by molar-refractivity contribution is -0.141. The molecular weight excluding hydrogens is 281 g/mol. The van der Waals surface area contributed by atoms with Crippen LogP contribution in [0.25, 0.3) is 0 Å². The summed E-state index contributed by atoms with van der Waals surface area (Å²) in [5, 5.41) is 6.23. The second-order valence-corrected chi connectivity index (χ2v) is 5.73. The van der Waals surface area contributed by atoms with Crippen molar-refractivity contribution < 1.29 is 13.2 Å². The Kier molecular flexibility index (Phi) is 5.03. The zero-order chi connectivity index (χ0) is 15.5. The molecule has 2 heterocycles. The average Bonchev–Trinajstić information content (AvgIpc) is 2.45. The molecule has 4 nitrogen and oxygen atoms in total. The van der Waals surface area contributed by atoms with E-state index in [4.69, 9.17) is 0 Å². The van der Waals surface area contributed by atoms with E-state index >= 15 is 0 Å². The topological polar surface area (TPSA) is 49.8 Å². The van der Waals surface area contributed by atoms with Crippen molar-refractivity contribution in [2.75, 3.05) is 25.0 Å². The monoisotopic (exact) mass is 302 g/mol. The SMILES string of the molecule is CC(C)c1cc(C(F)(F)F)nc(NCC2CCNCC2)n1. The molecule has 2 N–H and O–H groups in total. The summed E-state index contributed by atoms with van der Waals surface area (Å²) in [6.45, 7) is 6.15. The number of anilines is 1. The Labute approximate surface area is 122 Å². The van der Waals surface area contributed by atoms with Crippen molar-refractivity contribution in [1.82, 2.24) is 15.3 Å². The van der Waals surface area contributed by atoms with Gasteiger partial charge in [0, 0.05) is 12.2 Å². The number of rotatable bonds is 4. The predicted octanol–water partition coefficient (Wildman–Crippen LogP) is 3.03. The van der Waals surface area contributed by atoms with Crippen molar-refractivity contribution in [3.8, 4) is 0 Å². The van der Waals surface area contributed by atoms with E-state index in [0.29, 0.717) is 18.2 Å². The van der Waals surface area contributed by atoms with Crippen LogP contribution in [0.4, 0.5) is 19.1 Å². The van der Waals surface area contributed by atoms with E-state index in [-0.39, 0.29) is 11.9 Å². The first-order valence-corrected chi connectivity index (χ1v) is 7.27. The number of alkyl halides is 3. The van der Waals surface area contributed by atoms with Crippen LogP contribution in [0.5, 0.6) is 0 Å². The normalized spacial score (nSPS) is 17.2. The summed E-state index contributed by atoms with van der Waals surface area (Å²) in [5.41, 5.74) is -0.473. The molecule has 1 fully saturated rings. The molecule has 0 aliphatic carbocycles. The van der Waals surface area contributed by atoms with E-state index in [1.54, 1.807) is 0 Å². The first-order valence-electron chi connectivity index (χ1n) is 7.27. The van der Waals surface area contributed by atoms with Gasteiger partial charge in [0.25, 0.3) is 0 Å². The maximum absolute atomic E-state index is 12.9. The minimum Gasteiger partial charge on any atom is -0.354 e. The number of aromatic nitrogens is 2. The molecule has 1 aliphatic heterocycles. The zero-order valence-electron chi connectivity index (χ0n) is 12.3. The van der Waals surface area contributed by atoms with Crippen LogP contribution in [0.3, 0.4) is 0 Å². The summed E-state index contributed by atoms with van der Waals surface area (Å²) in [4.78, 5) is 7.80. The molecule has 1 saturated heterocycles. The molecule has 1 aliphatic rings. The minimum atomic E-state index is -4.45. The third-order valence-electron chi connectivity index (χ3n) is 3.64. The smallest absolute Gasteiger partial charge is 0.354 e. The van der Waals surface area contributed by atoms with Crippen molar-refractivity contribution in [3.63, 3.8) is 0 Å². The molecule has 7 heteroatoms. The van der Waals surface area contributed by atoms with Crippen molar-refractivity contribution >= 4 is 5.95 Å². The Hall–Kier alpha value is -1.37. The van der Waals surface area contributed by atoms with E-state index < -0.39 is 11.9 Å². The molecule has 2 rings (SSSR count). The second kappa shape index (κ2) is 6.60. The van der Waals surface area contributed by atoms with Crippen molar-refractivity contribution in [2.24, 2.45) is 5.92 Å². The van der Waals surface area contributed by atoms with Gasteiger partial charge in [-0.25, -0.2) is 9.97 Å². The number of nitrogens with zero attached hydrogens (tertiary/aromatic N) is 2. The fourth-order valence-electron chi connectivity index (χ4n) is 2.31. The van der Waals surface area contributed by atoms with Crippen LogP contribution in [-0.4, -0.2) is 29.6 Å². The van der Waals surface area contributed by atoms with Crippen molar-refractivity contribution in [2.45, 2.75) is 38.8 Å². The maximum atomic E-state index is 12.9. The van der Waals surface area contributed by atoms with E-state index in [9.17, 15) is 13.2 Å². The molecule has 0 aromatic carbocycles. The predicted molar refractivity (Wildman–Crippen MR) is 75.2 cm³/mol. The fourth-order valence-corrected chi connectivity index (χ4v) is 2.31. The van der Waals surface area contributed by atoms with Gasteiger partial charge in [-0.1, -0.05) is 13.8 Å². The number of halogens is 3.